The Hall–Kier alpha value is -1.46. The monoisotopic (exact) mass is 288 g/mol. The molecule has 4 rings (SSSR count). The van der Waals surface area contributed by atoms with Crippen LogP contribution in [0.25, 0.3) is 21.7 Å². The predicted octanol–water partition coefficient (Wildman–Crippen LogP) is 3.79. The molecule has 0 unspecified atom stereocenters. The maximum absolute atomic E-state index is 9.49. The van der Waals surface area contributed by atoms with Gasteiger partial charge in [0.2, 0.25) is 0 Å². The molecule has 1 aromatic carbocycles. The highest BCUT2D eigenvalue weighted by Gasteiger charge is 2.16. The summed E-state index contributed by atoms with van der Waals surface area (Å²) >= 11 is 3.83. The van der Waals surface area contributed by atoms with Crippen molar-refractivity contribution in [3.05, 3.63) is 34.7 Å². The van der Waals surface area contributed by atoms with Crippen LogP contribution in [0.3, 0.4) is 0 Å². The maximum Gasteiger partial charge on any atom is 0.148 e. The van der Waals surface area contributed by atoms with E-state index in [0.717, 1.165) is 22.6 Å². The summed E-state index contributed by atoms with van der Waals surface area (Å²) in [7, 11) is 0. The van der Waals surface area contributed by atoms with Crippen LogP contribution < -0.4 is 0 Å². The number of aryl methyl sites for hydroxylation is 1. The standard InChI is InChI=1S/C14H12N2OS2/c17-9-1-2-10-11(6-9)16-14(15-10)13-5-8-7-18-4-3-12(8)19-13/h1-2,5-6,17H,3-4,7H2,(H,15,16). The molecule has 3 aromatic rings. The van der Waals surface area contributed by atoms with Crippen LogP contribution in [0, 0.1) is 0 Å². The van der Waals surface area contributed by atoms with Crippen molar-refractivity contribution in [2.75, 3.05) is 5.75 Å². The highest BCUT2D eigenvalue weighted by Crippen LogP contribution is 2.36. The molecule has 5 heteroatoms. The summed E-state index contributed by atoms with van der Waals surface area (Å²) in [5.74, 6) is 3.52. The molecule has 2 N–H and O–H groups in total. The minimum atomic E-state index is 0.268. The third kappa shape index (κ3) is 1.93. The number of nitrogens with zero attached hydrogens (tertiary/aromatic N) is 1. The van der Waals surface area contributed by atoms with Gasteiger partial charge in [-0.2, -0.15) is 11.8 Å². The topological polar surface area (TPSA) is 48.9 Å². The number of thiophene rings is 1. The molecule has 0 fully saturated rings. The fraction of sp³-hybridized carbons (Fsp3) is 0.214. The molecule has 0 bridgehead atoms. The molecule has 0 atom stereocenters. The summed E-state index contributed by atoms with van der Waals surface area (Å²) in [6, 6.07) is 7.48. The number of fused-ring (bicyclic) bond motifs is 2. The zero-order valence-corrected chi connectivity index (χ0v) is 11.8. The molecule has 1 aliphatic rings. The largest absolute Gasteiger partial charge is 0.508 e. The van der Waals surface area contributed by atoms with Gasteiger partial charge in [-0.3, -0.25) is 0 Å². The Kier molecular flexibility index (Phi) is 2.56. The molecular formula is C14H12N2OS2. The molecule has 0 amide bonds. The number of rotatable bonds is 1. The van der Waals surface area contributed by atoms with Crippen LogP contribution in [0.4, 0.5) is 0 Å². The Morgan fingerprint density at radius 3 is 3.11 bits per heavy atom. The number of aromatic nitrogens is 2. The second-order valence-corrected chi connectivity index (χ2v) is 6.89. The van der Waals surface area contributed by atoms with Crippen LogP contribution in [-0.4, -0.2) is 20.8 Å². The molecular weight excluding hydrogens is 276 g/mol. The van der Waals surface area contributed by atoms with Gasteiger partial charge in [-0.05, 0) is 35.9 Å². The van der Waals surface area contributed by atoms with Crippen LogP contribution in [0.2, 0.25) is 0 Å². The molecule has 3 heterocycles. The van der Waals surface area contributed by atoms with Gasteiger partial charge in [0.25, 0.3) is 0 Å². The van der Waals surface area contributed by atoms with Crippen molar-refractivity contribution in [2.45, 2.75) is 12.2 Å². The van der Waals surface area contributed by atoms with Gasteiger partial charge in [-0.1, -0.05) is 0 Å². The summed E-state index contributed by atoms with van der Waals surface area (Å²) < 4.78 is 0. The van der Waals surface area contributed by atoms with E-state index in [-0.39, 0.29) is 5.75 Å². The Balaban J connectivity index is 1.83. The van der Waals surface area contributed by atoms with Crippen LogP contribution >= 0.6 is 23.1 Å². The van der Waals surface area contributed by atoms with E-state index in [1.807, 2.05) is 29.2 Å². The van der Waals surface area contributed by atoms with Gasteiger partial charge in [0.15, 0.2) is 0 Å². The Bertz CT molecular complexity index is 736. The maximum atomic E-state index is 9.49. The summed E-state index contributed by atoms with van der Waals surface area (Å²) in [4.78, 5) is 10.6. The molecule has 0 saturated carbocycles. The second-order valence-electron chi connectivity index (χ2n) is 4.65. The number of phenolic OH excluding ortho intramolecular Hbond substituents is 1. The van der Waals surface area contributed by atoms with Gasteiger partial charge in [-0.25, -0.2) is 4.98 Å². The summed E-state index contributed by atoms with van der Waals surface area (Å²) in [6.45, 7) is 0. The number of H-pyrrole nitrogens is 1. The van der Waals surface area contributed by atoms with Crippen molar-refractivity contribution in [3.63, 3.8) is 0 Å². The number of benzene rings is 1. The summed E-state index contributed by atoms with van der Waals surface area (Å²) in [5.41, 5.74) is 3.24. The molecule has 2 aromatic heterocycles. The first-order valence-electron chi connectivity index (χ1n) is 6.18. The van der Waals surface area contributed by atoms with Crippen molar-refractivity contribution in [2.24, 2.45) is 0 Å². The van der Waals surface area contributed by atoms with E-state index >= 15 is 0 Å². The van der Waals surface area contributed by atoms with Crippen molar-refractivity contribution in [3.8, 4) is 16.5 Å². The van der Waals surface area contributed by atoms with Crippen molar-refractivity contribution in [1.29, 1.82) is 0 Å². The molecule has 0 radical (unpaired) electrons. The molecule has 0 aliphatic carbocycles. The SMILES string of the molecule is Oc1ccc2nc(-c3cc4c(s3)CCSC4)[nH]c2c1. The van der Waals surface area contributed by atoms with Crippen LogP contribution in [0.1, 0.15) is 10.4 Å². The molecule has 1 aliphatic heterocycles. The fourth-order valence-electron chi connectivity index (χ4n) is 2.38. The van der Waals surface area contributed by atoms with Crippen LogP contribution in [0.15, 0.2) is 24.3 Å². The molecule has 96 valence electrons. The third-order valence-corrected chi connectivity index (χ3v) is 5.58. The molecule has 0 spiro atoms. The van der Waals surface area contributed by atoms with E-state index in [1.165, 1.54) is 27.5 Å². The number of aromatic hydroxyl groups is 1. The Morgan fingerprint density at radius 2 is 2.21 bits per heavy atom. The van der Waals surface area contributed by atoms with Gasteiger partial charge in [-0.15, -0.1) is 11.3 Å². The van der Waals surface area contributed by atoms with E-state index in [4.69, 9.17) is 0 Å². The number of phenols is 1. The number of imidazole rings is 1. The number of nitrogens with one attached hydrogen (secondary N) is 1. The Labute approximate surface area is 118 Å². The smallest absolute Gasteiger partial charge is 0.148 e. The third-order valence-electron chi connectivity index (χ3n) is 3.33. The lowest BCUT2D eigenvalue weighted by molar-refractivity contribution is 0.476. The minimum Gasteiger partial charge on any atom is -0.508 e. The summed E-state index contributed by atoms with van der Waals surface area (Å²) in [5, 5.41) is 9.49. The highest BCUT2D eigenvalue weighted by atomic mass is 32.2. The zero-order chi connectivity index (χ0) is 12.8. The normalized spacial score (nSPS) is 14.7. The van der Waals surface area contributed by atoms with E-state index in [9.17, 15) is 5.11 Å². The van der Waals surface area contributed by atoms with Crippen LogP contribution in [-0.2, 0) is 12.2 Å². The number of aromatic amines is 1. The first-order valence-corrected chi connectivity index (χ1v) is 8.15. The van der Waals surface area contributed by atoms with Crippen molar-refractivity contribution >= 4 is 34.1 Å². The molecule has 3 nitrogen and oxygen atoms in total. The van der Waals surface area contributed by atoms with Crippen molar-refractivity contribution < 1.29 is 5.11 Å². The fourth-order valence-corrected chi connectivity index (χ4v) is 4.70. The van der Waals surface area contributed by atoms with Gasteiger partial charge < -0.3 is 10.1 Å². The zero-order valence-electron chi connectivity index (χ0n) is 10.1. The van der Waals surface area contributed by atoms with Crippen LogP contribution in [0.5, 0.6) is 5.75 Å². The molecule has 0 saturated heterocycles. The van der Waals surface area contributed by atoms with Gasteiger partial charge >= 0.3 is 0 Å². The van der Waals surface area contributed by atoms with E-state index in [1.54, 1.807) is 12.1 Å². The first kappa shape index (κ1) is 11.4. The number of hydrogen-bond acceptors (Lipinski definition) is 4. The summed E-state index contributed by atoms with van der Waals surface area (Å²) in [6.07, 6.45) is 1.17. The number of thioether (sulfide) groups is 1. The average molecular weight is 288 g/mol. The quantitative estimate of drug-likeness (QED) is 0.716. The lowest BCUT2D eigenvalue weighted by atomic mass is 10.2. The van der Waals surface area contributed by atoms with Gasteiger partial charge in [0.05, 0.1) is 15.9 Å². The van der Waals surface area contributed by atoms with Gasteiger partial charge in [0, 0.05) is 16.7 Å². The minimum absolute atomic E-state index is 0.268. The predicted molar refractivity (Wildman–Crippen MR) is 80.9 cm³/mol. The lowest BCUT2D eigenvalue weighted by Crippen LogP contribution is -1.96. The van der Waals surface area contributed by atoms with Gasteiger partial charge in [0.1, 0.15) is 11.6 Å². The average Bonchev–Trinajstić information content (AvgIpc) is 3.00. The Morgan fingerprint density at radius 1 is 1.26 bits per heavy atom. The first-order chi connectivity index (χ1) is 9.29. The van der Waals surface area contributed by atoms with E-state index < -0.39 is 0 Å². The van der Waals surface area contributed by atoms with Crippen molar-refractivity contribution in [1.82, 2.24) is 9.97 Å². The van der Waals surface area contributed by atoms with E-state index in [2.05, 4.69) is 16.0 Å². The van der Waals surface area contributed by atoms with E-state index in [0.29, 0.717) is 0 Å². The molecule has 19 heavy (non-hydrogen) atoms. The lowest BCUT2D eigenvalue weighted by Gasteiger charge is -2.08. The second kappa shape index (κ2) is 4.28. The highest BCUT2D eigenvalue weighted by molar-refractivity contribution is 7.98. The number of hydrogen-bond donors (Lipinski definition) is 2.